The second-order valence-corrected chi connectivity index (χ2v) is 11.3. The lowest BCUT2D eigenvalue weighted by Gasteiger charge is -2.20. The Morgan fingerprint density at radius 1 is 0.705 bits per heavy atom. The number of amides is 2. The summed E-state index contributed by atoms with van der Waals surface area (Å²) in [6.45, 7) is 5.47. The van der Waals surface area contributed by atoms with E-state index in [0.717, 1.165) is 22.1 Å². The van der Waals surface area contributed by atoms with Crippen LogP contribution in [0.4, 0.5) is 11.4 Å². The highest BCUT2D eigenvalue weighted by Crippen LogP contribution is 2.29. The highest BCUT2D eigenvalue weighted by molar-refractivity contribution is 6.13. The number of fused-ring (bicyclic) bond motifs is 1. The first kappa shape index (κ1) is 29.7. The summed E-state index contributed by atoms with van der Waals surface area (Å²) in [7, 11) is 0. The van der Waals surface area contributed by atoms with Crippen LogP contribution >= 0.6 is 0 Å². The Labute approximate surface area is 256 Å². The minimum Gasteiger partial charge on any atom is -0.456 e. The van der Waals surface area contributed by atoms with E-state index in [1.54, 1.807) is 42.5 Å². The Balaban J connectivity index is 1.27. The zero-order valence-corrected chi connectivity index (χ0v) is 24.7. The number of esters is 1. The Morgan fingerprint density at radius 3 is 2.00 bits per heavy atom. The van der Waals surface area contributed by atoms with E-state index >= 15 is 0 Å². The second-order valence-electron chi connectivity index (χ2n) is 11.3. The normalized spacial score (nSPS) is 11.0. The van der Waals surface area contributed by atoms with Gasteiger partial charge in [-0.25, -0.2) is 4.79 Å². The van der Waals surface area contributed by atoms with Crippen LogP contribution in [0.5, 0.6) is 0 Å². The van der Waals surface area contributed by atoms with Gasteiger partial charge in [-0.15, -0.1) is 0 Å². The molecule has 5 aromatic carbocycles. The number of nitrogens with zero attached hydrogens (tertiary/aromatic N) is 1. The molecule has 0 radical (unpaired) electrons. The molecule has 0 fully saturated rings. The van der Waals surface area contributed by atoms with Crippen LogP contribution in [0.1, 0.15) is 57.4 Å². The van der Waals surface area contributed by atoms with Gasteiger partial charge in [-0.05, 0) is 91.4 Å². The molecular formula is C37H31N3O4. The van der Waals surface area contributed by atoms with Gasteiger partial charge in [0.2, 0.25) is 0 Å². The number of anilines is 2. The first-order chi connectivity index (χ1) is 21.1. The molecule has 5 aromatic rings. The molecule has 2 N–H and O–H groups in total. The van der Waals surface area contributed by atoms with E-state index in [2.05, 4.69) is 16.7 Å². The van der Waals surface area contributed by atoms with E-state index in [4.69, 9.17) is 10.00 Å². The molecule has 5 rings (SSSR count). The highest BCUT2D eigenvalue weighted by atomic mass is 16.6. The Hall–Kier alpha value is -5.74. The predicted octanol–water partition coefficient (Wildman–Crippen LogP) is 8.03. The largest absolute Gasteiger partial charge is 0.456 e. The molecule has 0 aliphatic heterocycles. The molecule has 7 nitrogen and oxygen atoms in total. The molecule has 0 aliphatic carbocycles. The number of hydrogen-bond acceptors (Lipinski definition) is 5. The monoisotopic (exact) mass is 581 g/mol. The van der Waals surface area contributed by atoms with Gasteiger partial charge >= 0.3 is 5.97 Å². The molecule has 0 heterocycles. The van der Waals surface area contributed by atoms with Crippen LogP contribution in [0, 0.1) is 11.3 Å². The number of benzene rings is 5. The molecule has 0 bridgehead atoms. The summed E-state index contributed by atoms with van der Waals surface area (Å²) < 4.78 is 5.57. The average Bonchev–Trinajstić information content (AvgIpc) is 3.01. The summed E-state index contributed by atoms with van der Waals surface area (Å²) in [6, 6.07) is 34.6. The van der Waals surface area contributed by atoms with E-state index in [1.165, 1.54) is 0 Å². The summed E-state index contributed by atoms with van der Waals surface area (Å²) in [5, 5.41) is 16.2. The molecule has 0 spiro atoms. The van der Waals surface area contributed by atoms with E-state index in [-0.39, 0.29) is 18.2 Å². The van der Waals surface area contributed by atoms with Crippen molar-refractivity contribution in [3.8, 4) is 17.2 Å². The SMILES string of the molecule is CC(C)(C)OC(=O)c1ccc(NC(=O)c2ccc(-c3ccc(NC(=O)c4cccc(CC#N)c4)cc3)cc2)c2ccccc12. The van der Waals surface area contributed by atoms with Crippen molar-refractivity contribution in [3.63, 3.8) is 0 Å². The molecule has 2 amide bonds. The van der Waals surface area contributed by atoms with Gasteiger partial charge in [0.15, 0.2) is 0 Å². The van der Waals surface area contributed by atoms with Gasteiger partial charge < -0.3 is 15.4 Å². The maximum absolute atomic E-state index is 13.2. The van der Waals surface area contributed by atoms with Crippen molar-refractivity contribution in [2.75, 3.05) is 10.6 Å². The predicted molar refractivity (Wildman–Crippen MR) is 173 cm³/mol. The summed E-state index contributed by atoms with van der Waals surface area (Å²) >= 11 is 0. The van der Waals surface area contributed by atoms with Crippen LogP contribution in [-0.4, -0.2) is 23.4 Å². The number of ether oxygens (including phenoxy) is 1. The number of carbonyl (C=O) groups is 3. The lowest BCUT2D eigenvalue weighted by atomic mass is 10.0. The zero-order valence-electron chi connectivity index (χ0n) is 24.7. The molecule has 44 heavy (non-hydrogen) atoms. The fourth-order valence-electron chi connectivity index (χ4n) is 4.79. The lowest BCUT2D eigenvalue weighted by molar-refractivity contribution is 0.00716. The molecule has 218 valence electrons. The fraction of sp³-hybridized carbons (Fsp3) is 0.135. The number of rotatable bonds is 7. The van der Waals surface area contributed by atoms with Crippen LogP contribution < -0.4 is 10.6 Å². The Kier molecular flexibility index (Phi) is 8.54. The number of nitriles is 1. The summed E-state index contributed by atoms with van der Waals surface area (Å²) in [6.07, 6.45) is 0.246. The zero-order chi connectivity index (χ0) is 31.3. The summed E-state index contributed by atoms with van der Waals surface area (Å²) in [5.74, 6) is -0.942. The quantitative estimate of drug-likeness (QED) is 0.189. The molecule has 0 aromatic heterocycles. The van der Waals surface area contributed by atoms with E-state index in [9.17, 15) is 14.4 Å². The van der Waals surface area contributed by atoms with E-state index in [0.29, 0.717) is 33.5 Å². The first-order valence-corrected chi connectivity index (χ1v) is 14.2. The van der Waals surface area contributed by atoms with Crippen molar-refractivity contribution in [2.24, 2.45) is 0 Å². The van der Waals surface area contributed by atoms with Gasteiger partial charge in [0.05, 0.1) is 18.1 Å². The van der Waals surface area contributed by atoms with Crippen LogP contribution in [-0.2, 0) is 11.2 Å². The number of nitrogens with one attached hydrogen (secondary N) is 2. The third-order valence-corrected chi connectivity index (χ3v) is 6.89. The second kappa shape index (κ2) is 12.6. The maximum Gasteiger partial charge on any atom is 0.339 e. The van der Waals surface area contributed by atoms with Crippen molar-refractivity contribution in [1.82, 2.24) is 0 Å². The molecule has 0 atom stereocenters. The minimum atomic E-state index is -0.623. The fourth-order valence-corrected chi connectivity index (χ4v) is 4.79. The van der Waals surface area contributed by atoms with Crippen molar-refractivity contribution in [1.29, 1.82) is 5.26 Å². The van der Waals surface area contributed by atoms with Crippen LogP contribution in [0.3, 0.4) is 0 Å². The van der Waals surface area contributed by atoms with Crippen LogP contribution in [0.2, 0.25) is 0 Å². The lowest BCUT2D eigenvalue weighted by Crippen LogP contribution is -2.24. The molecule has 0 aliphatic rings. The topological polar surface area (TPSA) is 108 Å². The van der Waals surface area contributed by atoms with Crippen molar-refractivity contribution >= 4 is 39.9 Å². The Morgan fingerprint density at radius 2 is 1.34 bits per heavy atom. The van der Waals surface area contributed by atoms with Gasteiger partial charge in [-0.3, -0.25) is 9.59 Å². The summed E-state index contributed by atoms with van der Waals surface area (Å²) in [5.41, 5.74) is 4.65. The van der Waals surface area contributed by atoms with E-state index in [1.807, 2.05) is 87.5 Å². The third-order valence-electron chi connectivity index (χ3n) is 6.89. The van der Waals surface area contributed by atoms with E-state index < -0.39 is 11.6 Å². The van der Waals surface area contributed by atoms with Crippen molar-refractivity contribution in [2.45, 2.75) is 32.8 Å². The molecule has 0 saturated heterocycles. The summed E-state index contributed by atoms with van der Waals surface area (Å²) in [4.78, 5) is 38.6. The third kappa shape index (κ3) is 7.00. The van der Waals surface area contributed by atoms with Gasteiger partial charge in [-0.1, -0.05) is 60.7 Å². The van der Waals surface area contributed by atoms with Gasteiger partial charge in [0, 0.05) is 27.9 Å². The smallest absolute Gasteiger partial charge is 0.339 e. The Bertz CT molecular complexity index is 1900. The van der Waals surface area contributed by atoms with Gasteiger partial charge in [-0.2, -0.15) is 5.26 Å². The number of carbonyl (C=O) groups excluding carboxylic acids is 3. The standard InChI is InChI=1S/C37H31N3O4/c1-37(2,3)44-36(43)32-19-20-33(31-10-5-4-9-30(31)32)40-34(41)27-13-11-25(12-14-27)26-15-17-29(18-16-26)39-35(42)28-8-6-7-24(23-28)21-22-38/h4-20,23H,21H2,1-3H3,(H,39,42)(H,40,41). The average molecular weight is 582 g/mol. The molecule has 0 unspecified atom stereocenters. The molecular weight excluding hydrogens is 550 g/mol. The minimum absolute atomic E-state index is 0.246. The first-order valence-electron chi connectivity index (χ1n) is 14.2. The highest BCUT2D eigenvalue weighted by Gasteiger charge is 2.21. The molecule has 0 saturated carbocycles. The van der Waals surface area contributed by atoms with Crippen LogP contribution in [0.25, 0.3) is 21.9 Å². The van der Waals surface area contributed by atoms with Crippen molar-refractivity contribution < 1.29 is 19.1 Å². The van der Waals surface area contributed by atoms with Crippen molar-refractivity contribution in [3.05, 3.63) is 131 Å². The van der Waals surface area contributed by atoms with Gasteiger partial charge in [0.1, 0.15) is 5.60 Å². The molecule has 7 heteroatoms. The maximum atomic E-state index is 13.2. The van der Waals surface area contributed by atoms with Gasteiger partial charge in [0.25, 0.3) is 11.8 Å². The number of hydrogen-bond donors (Lipinski definition) is 2. The van der Waals surface area contributed by atoms with Crippen LogP contribution in [0.15, 0.2) is 109 Å².